The fraction of sp³-hybridized carbons (Fsp3) is 0. The monoisotopic (exact) mass is 258 g/mol. The van der Waals surface area contributed by atoms with Gasteiger partial charge in [-0.2, -0.15) is 4.98 Å². The molecule has 1 heterocycles. The average Bonchev–Trinajstić information content (AvgIpc) is 2.53. The molecule has 0 saturated carbocycles. The first-order valence-corrected chi connectivity index (χ1v) is 4.68. The van der Waals surface area contributed by atoms with Crippen LogP contribution in [0, 0.1) is 0 Å². The lowest BCUT2D eigenvalue weighted by Gasteiger charge is -1.92. The molecule has 0 N–H and O–H groups in total. The maximum Gasteiger partial charge on any atom is 0.258 e. The van der Waals surface area contributed by atoms with Gasteiger partial charge in [0, 0.05) is 10.6 Å². The van der Waals surface area contributed by atoms with Crippen LogP contribution in [0.2, 0.25) is 5.02 Å². The van der Waals surface area contributed by atoms with E-state index in [1.165, 1.54) is 0 Å². The summed E-state index contributed by atoms with van der Waals surface area (Å²) in [6.45, 7) is 0. The molecule has 3 nitrogen and oxygen atoms in total. The third kappa shape index (κ3) is 1.89. The highest BCUT2D eigenvalue weighted by Gasteiger charge is 2.05. The molecule has 0 radical (unpaired) electrons. The van der Waals surface area contributed by atoms with Gasteiger partial charge < -0.3 is 4.52 Å². The Morgan fingerprint density at radius 2 is 1.92 bits per heavy atom. The van der Waals surface area contributed by atoms with Crippen LogP contribution in [0.1, 0.15) is 0 Å². The Hall–Kier alpha value is -0.870. The molecule has 0 amide bonds. The third-order valence-electron chi connectivity index (χ3n) is 1.49. The lowest BCUT2D eigenvalue weighted by atomic mass is 10.2. The number of hydrogen-bond donors (Lipinski definition) is 0. The van der Waals surface area contributed by atoms with Crippen LogP contribution >= 0.6 is 27.5 Å². The first-order chi connectivity index (χ1) is 6.25. The van der Waals surface area contributed by atoms with Crippen molar-refractivity contribution < 1.29 is 4.52 Å². The molecule has 1 aromatic heterocycles. The van der Waals surface area contributed by atoms with Gasteiger partial charge in [-0.3, -0.25) is 0 Å². The van der Waals surface area contributed by atoms with E-state index in [1.54, 1.807) is 12.1 Å². The SMILES string of the molecule is Clc1ccc(-c2nc(Br)no2)cc1. The lowest BCUT2D eigenvalue weighted by molar-refractivity contribution is 0.426. The summed E-state index contributed by atoms with van der Waals surface area (Å²) in [6.07, 6.45) is 0. The minimum Gasteiger partial charge on any atom is -0.333 e. The quantitative estimate of drug-likeness (QED) is 0.790. The topological polar surface area (TPSA) is 38.9 Å². The van der Waals surface area contributed by atoms with Gasteiger partial charge in [0.15, 0.2) is 0 Å². The first-order valence-electron chi connectivity index (χ1n) is 3.51. The smallest absolute Gasteiger partial charge is 0.258 e. The Morgan fingerprint density at radius 3 is 2.46 bits per heavy atom. The second-order valence-electron chi connectivity index (χ2n) is 2.38. The van der Waals surface area contributed by atoms with Gasteiger partial charge in [0.05, 0.1) is 0 Å². The van der Waals surface area contributed by atoms with Crippen LogP contribution in [0.3, 0.4) is 0 Å². The summed E-state index contributed by atoms with van der Waals surface area (Å²) in [5, 5.41) is 4.30. The van der Waals surface area contributed by atoms with Crippen molar-refractivity contribution in [3.63, 3.8) is 0 Å². The van der Waals surface area contributed by atoms with E-state index >= 15 is 0 Å². The highest BCUT2D eigenvalue weighted by atomic mass is 79.9. The van der Waals surface area contributed by atoms with Crippen molar-refractivity contribution in [3.05, 3.63) is 34.0 Å². The molecule has 0 aliphatic carbocycles. The molecule has 0 fully saturated rings. The summed E-state index contributed by atoms with van der Waals surface area (Å²) in [5.74, 6) is 0.476. The van der Waals surface area contributed by atoms with Crippen LogP contribution in [0.4, 0.5) is 0 Å². The zero-order valence-electron chi connectivity index (χ0n) is 6.37. The van der Waals surface area contributed by atoms with Gasteiger partial charge in [-0.1, -0.05) is 11.6 Å². The molecular formula is C8H4BrClN2O. The molecule has 2 aromatic rings. The summed E-state index contributed by atoms with van der Waals surface area (Å²) in [5.41, 5.74) is 0.850. The van der Waals surface area contributed by atoms with E-state index in [4.69, 9.17) is 16.1 Å². The lowest BCUT2D eigenvalue weighted by Crippen LogP contribution is -1.75. The van der Waals surface area contributed by atoms with Crippen molar-refractivity contribution in [1.82, 2.24) is 10.1 Å². The standard InChI is InChI=1S/C8H4BrClN2O/c9-8-11-7(13-12-8)5-1-3-6(10)4-2-5/h1-4H. The zero-order valence-corrected chi connectivity index (χ0v) is 8.71. The molecule has 2 rings (SSSR count). The van der Waals surface area contributed by atoms with Crippen LogP contribution in [-0.4, -0.2) is 10.1 Å². The molecule has 0 saturated heterocycles. The highest BCUT2D eigenvalue weighted by molar-refractivity contribution is 9.10. The normalized spacial score (nSPS) is 10.3. The molecule has 13 heavy (non-hydrogen) atoms. The summed E-state index contributed by atoms with van der Waals surface area (Å²) < 4.78 is 5.38. The van der Waals surface area contributed by atoms with Gasteiger partial charge in [0.1, 0.15) is 0 Å². The van der Waals surface area contributed by atoms with E-state index in [2.05, 4.69) is 26.1 Å². The molecular weight excluding hydrogens is 255 g/mol. The Bertz CT molecular complexity index is 412. The number of benzene rings is 1. The van der Waals surface area contributed by atoms with Crippen molar-refractivity contribution in [2.45, 2.75) is 0 Å². The van der Waals surface area contributed by atoms with Gasteiger partial charge in [-0.05, 0) is 45.4 Å². The number of nitrogens with zero attached hydrogens (tertiary/aromatic N) is 2. The number of aromatic nitrogens is 2. The predicted molar refractivity (Wildman–Crippen MR) is 52.4 cm³/mol. The van der Waals surface area contributed by atoms with Gasteiger partial charge in [-0.25, -0.2) is 0 Å². The van der Waals surface area contributed by atoms with Gasteiger partial charge in [0.2, 0.25) is 4.73 Å². The summed E-state index contributed by atoms with van der Waals surface area (Å²) in [4.78, 5) is 4.01. The Balaban J connectivity index is 2.41. The second-order valence-corrected chi connectivity index (χ2v) is 3.52. The molecule has 0 bridgehead atoms. The molecule has 0 spiro atoms. The van der Waals surface area contributed by atoms with E-state index in [0.29, 0.717) is 15.6 Å². The van der Waals surface area contributed by atoms with Crippen molar-refractivity contribution in [1.29, 1.82) is 0 Å². The molecule has 0 aliphatic rings. The van der Waals surface area contributed by atoms with E-state index in [9.17, 15) is 0 Å². The molecule has 1 aromatic carbocycles. The van der Waals surface area contributed by atoms with Gasteiger partial charge in [-0.15, -0.1) is 0 Å². The minimum atomic E-state index is 0.442. The van der Waals surface area contributed by atoms with Crippen LogP contribution in [-0.2, 0) is 0 Å². The van der Waals surface area contributed by atoms with E-state index in [-0.39, 0.29) is 0 Å². The Kier molecular flexibility index (Phi) is 2.33. The first kappa shape index (κ1) is 8.72. The van der Waals surface area contributed by atoms with Crippen LogP contribution < -0.4 is 0 Å². The second kappa shape index (κ2) is 3.47. The third-order valence-corrected chi connectivity index (χ3v) is 2.07. The summed E-state index contributed by atoms with van der Waals surface area (Å²) in [6, 6.07) is 7.19. The predicted octanol–water partition coefficient (Wildman–Crippen LogP) is 3.15. The largest absolute Gasteiger partial charge is 0.333 e. The van der Waals surface area contributed by atoms with Crippen molar-refractivity contribution in [2.24, 2.45) is 0 Å². The summed E-state index contributed by atoms with van der Waals surface area (Å²) in [7, 11) is 0. The van der Waals surface area contributed by atoms with Crippen LogP contribution in [0.5, 0.6) is 0 Å². The maximum absolute atomic E-state index is 5.73. The molecule has 0 unspecified atom stereocenters. The van der Waals surface area contributed by atoms with E-state index in [0.717, 1.165) is 5.56 Å². The van der Waals surface area contributed by atoms with E-state index in [1.807, 2.05) is 12.1 Å². The fourth-order valence-corrected chi connectivity index (χ4v) is 1.27. The summed E-state index contributed by atoms with van der Waals surface area (Å²) >= 11 is 8.83. The van der Waals surface area contributed by atoms with Crippen molar-refractivity contribution >= 4 is 27.5 Å². The highest BCUT2D eigenvalue weighted by Crippen LogP contribution is 2.20. The van der Waals surface area contributed by atoms with Gasteiger partial charge in [0.25, 0.3) is 5.89 Å². The average molecular weight is 259 g/mol. The minimum absolute atomic E-state index is 0.442. The maximum atomic E-state index is 5.73. The van der Waals surface area contributed by atoms with Crippen LogP contribution in [0.15, 0.2) is 33.5 Å². The zero-order chi connectivity index (χ0) is 9.26. The van der Waals surface area contributed by atoms with Crippen molar-refractivity contribution in [2.75, 3.05) is 0 Å². The van der Waals surface area contributed by atoms with Crippen molar-refractivity contribution in [3.8, 4) is 11.5 Å². The van der Waals surface area contributed by atoms with E-state index < -0.39 is 0 Å². The van der Waals surface area contributed by atoms with Crippen LogP contribution in [0.25, 0.3) is 11.5 Å². The molecule has 5 heteroatoms. The number of rotatable bonds is 1. The molecule has 66 valence electrons. The fourth-order valence-electron chi connectivity index (χ4n) is 0.915. The molecule has 0 atom stereocenters. The Labute approximate surface area is 87.8 Å². The van der Waals surface area contributed by atoms with Gasteiger partial charge >= 0.3 is 0 Å². The number of halogens is 2. The Morgan fingerprint density at radius 1 is 1.23 bits per heavy atom. The molecule has 0 aliphatic heterocycles. The number of hydrogen-bond acceptors (Lipinski definition) is 3.